The summed E-state index contributed by atoms with van der Waals surface area (Å²) in [4.78, 5) is 11.1. The molecule has 76 valence electrons. The molecule has 4 heteroatoms. The molecule has 1 rings (SSSR count). The molecule has 1 aromatic rings. The molecule has 0 saturated heterocycles. The minimum Gasteiger partial charge on any atom is -0.465 e. The molecule has 0 aliphatic rings. The summed E-state index contributed by atoms with van der Waals surface area (Å²) in [6, 6.07) is 7.36. The standard InChI is InChI=1S/C10H13O3P/c1-12-10(11)9-5-3-8(4-6-9)7-14-13-2/h3-6,14H,7H2,1-2H3. The number of carbonyl (C=O) groups is 1. The van der Waals surface area contributed by atoms with Crippen molar-refractivity contribution in [3.63, 3.8) is 0 Å². The first-order valence-electron chi connectivity index (χ1n) is 4.21. The van der Waals surface area contributed by atoms with Gasteiger partial charge >= 0.3 is 5.97 Å². The summed E-state index contributed by atoms with van der Waals surface area (Å²) in [7, 11) is 3.53. The molecule has 0 fully saturated rings. The van der Waals surface area contributed by atoms with Crippen molar-refractivity contribution in [3.05, 3.63) is 35.4 Å². The summed E-state index contributed by atoms with van der Waals surface area (Å²) in [5.74, 6) is -0.300. The Hall–Kier alpha value is -0.920. The molecule has 0 bridgehead atoms. The number of hydrogen-bond acceptors (Lipinski definition) is 3. The molecular weight excluding hydrogens is 199 g/mol. The normalized spacial score (nSPS) is 10.7. The van der Waals surface area contributed by atoms with Crippen molar-refractivity contribution in [2.45, 2.75) is 6.16 Å². The van der Waals surface area contributed by atoms with E-state index in [-0.39, 0.29) is 5.97 Å². The molecule has 0 aromatic heterocycles. The van der Waals surface area contributed by atoms with Gasteiger partial charge in [-0.3, -0.25) is 0 Å². The Labute approximate surface area is 85.3 Å². The van der Waals surface area contributed by atoms with E-state index in [0.717, 1.165) is 11.7 Å². The molecule has 0 radical (unpaired) electrons. The van der Waals surface area contributed by atoms with Gasteiger partial charge in [0.15, 0.2) is 0 Å². The van der Waals surface area contributed by atoms with E-state index in [9.17, 15) is 4.79 Å². The van der Waals surface area contributed by atoms with E-state index >= 15 is 0 Å². The van der Waals surface area contributed by atoms with E-state index in [1.54, 1.807) is 19.2 Å². The molecule has 0 saturated carbocycles. The van der Waals surface area contributed by atoms with Gasteiger partial charge in [0, 0.05) is 22.1 Å². The van der Waals surface area contributed by atoms with Crippen LogP contribution < -0.4 is 0 Å². The minimum atomic E-state index is -0.300. The molecule has 14 heavy (non-hydrogen) atoms. The second kappa shape index (κ2) is 5.74. The van der Waals surface area contributed by atoms with E-state index in [4.69, 9.17) is 4.52 Å². The lowest BCUT2D eigenvalue weighted by molar-refractivity contribution is 0.0601. The molecule has 0 heterocycles. The molecule has 1 atom stereocenters. The molecule has 0 aliphatic carbocycles. The zero-order chi connectivity index (χ0) is 10.4. The Kier molecular flexibility index (Phi) is 4.57. The Morgan fingerprint density at radius 1 is 1.29 bits per heavy atom. The fourth-order valence-corrected chi connectivity index (χ4v) is 1.58. The van der Waals surface area contributed by atoms with Crippen LogP contribution in [0.15, 0.2) is 24.3 Å². The van der Waals surface area contributed by atoms with Crippen LogP contribution in [0.25, 0.3) is 0 Å². The van der Waals surface area contributed by atoms with Gasteiger partial charge in [0.25, 0.3) is 0 Å². The predicted octanol–water partition coefficient (Wildman–Crippen LogP) is 2.21. The first-order chi connectivity index (χ1) is 6.77. The fraction of sp³-hybridized carbons (Fsp3) is 0.300. The predicted molar refractivity (Wildman–Crippen MR) is 56.8 cm³/mol. The minimum absolute atomic E-state index is 0.300. The number of benzene rings is 1. The highest BCUT2D eigenvalue weighted by Gasteiger charge is 2.03. The van der Waals surface area contributed by atoms with Crippen LogP contribution in [-0.4, -0.2) is 20.2 Å². The first kappa shape index (κ1) is 11.2. The van der Waals surface area contributed by atoms with E-state index in [2.05, 4.69) is 4.74 Å². The second-order valence-electron chi connectivity index (χ2n) is 2.71. The summed E-state index contributed by atoms with van der Waals surface area (Å²) < 4.78 is 9.58. The van der Waals surface area contributed by atoms with Crippen molar-refractivity contribution in [2.24, 2.45) is 0 Å². The van der Waals surface area contributed by atoms with Gasteiger partial charge in [0.2, 0.25) is 0 Å². The maximum Gasteiger partial charge on any atom is 0.337 e. The van der Waals surface area contributed by atoms with E-state index in [0.29, 0.717) is 14.4 Å². The van der Waals surface area contributed by atoms with Crippen LogP contribution in [0, 0.1) is 0 Å². The lowest BCUT2D eigenvalue weighted by Crippen LogP contribution is -2.00. The lowest BCUT2D eigenvalue weighted by Gasteiger charge is -2.02. The van der Waals surface area contributed by atoms with Crippen LogP contribution in [0.1, 0.15) is 15.9 Å². The summed E-state index contributed by atoms with van der Waals surface area (Å²) in [5.41, 5.74) is 1.75. The number of methoxy groups -OCH3 is 1. The average molecular weight is 212 g/mol. The highest BCUT2D eigenvalue weighted by atomic mass is 31.1. The molecule has 3 nitrogen and oxygen atoms in total. The first-order valence-corrected chi connectivity index (χ1v) is 5.32. The molecule has 0 N–H and O–H groups in total. The van der Waals surface area contributed by atoms with Crippen molar-refractivity contribution < 1.29 is 14.1 Å². The third kappa shape index (κ3) is 3.09. The van der Waals surface area contributed by atoms with Gasteiger partial charge in [0.1, 0.15) is 0 Å². The Morgan fingerprint density at radius 2 is 1.93 bits per heavy atom. The van der Waals surface area contributed by atoms with Gasteiger partial charge in [-0.2, -0.15) is 0 Å². The number of carbonyl (C=O) groups excluding carboxylic acids is 1. The molecular formula is C10H13O3P. The number of rotatable bonds is 4. The second-order valence-corrected chi connectivity index (χ2v) is 3.76. The smallest absolute Gasteiger partial charge is 0.337 e. The SMILES string of the molecule is COPCc1ccc(C(=O)OC)cc1. The van der Waals surface area contributed by atoms with Crippen LogP contribution in [0.2, 0.25) is 0 Å². The van der Waals surface area contributed by atoms with Crippen LogP contribution in [0.4, 0.5) is 0 Å². The van der Waals surface area contributed by atoms with Crippen LogP contribution in [0.5, 0.6) is 0 Å². The van der Waals surface area contributed by atoms with Crippen LogP contribution >= 0.6 is 8.81 Å². The van der Waals surface area contributed by atoms with Gasteiger partial charge in [-0.15, -0.1) is 0 Å². The van der Waals surface area contributed by atoms with Crippen LogP contribution in [0.3, 0.4) is 0 Å². The zero-order valence-electron chi connectivity index (χ0n) is 8.24. The van der Waals surface area contributed by atoms with Crippen molar-refractivity contribution in [3.8, 4) is 0 Å². The van der Waals surface area contributed by atoms with E-state index < -0.39 is 0 Å². The maximum atomic E-state index is 11.1. The number of hydrogen-bond donors (Lipinski definition) is 0. The third-order valence-corrected chi connectivity index (χ3v) is 2.64. The fourth-order valence-electron chi connectivity index (χ4n) is 1.03. The summed E-state index contributed by atoms with van der Waals surface area (Å²) in [6.45, 7) is 0. The van der Waals surface area contributed by atoms with E-state index in [1.807, 2.05) is 12.1 Å². The highest BCUT2D eigenvalue weighted by Crippen LogP contribution is 2.18. The largest absolute Gasteiger partial charge is 0.465 e. The Balaban J connectivity index is 2.63. The van der Waals surface area contributed by atoms with Crippen molar-refractivity contribution in [1.82, 2.24) is 0 Å². The summed E-state index contributed by atoms with van der Waals surface area (Å²) in [6.07, 6.45) is 0.887. The molecule has 1 aromatic carbocycles. The molecule has 0 spiro atoms. The van der Waals surface area contributed by atoms with Gasteiger partial charge in [-0.25, -0.2) is 4.79 Å². The lowest BCUT2D eigenvalue weighted by atomic mass is 10.1. The third-order valence-electron chi connectivity index (χ3n) is 1.80. The topological polar surface area (TPSA) is 35.5 Å². The zero-order valence-corrected chi connectivity index (χ0v) is 9.24. The molecule has 1 unspecified atom stereocenters. The summed E-state index contributed by atoms with van der Waals surface area (Å²) >= 11 is 0. The quantitative estimate of drug-likeness (QED) is 0.567. The van der Waals surface area contributed by atoms with Crippen molar-refractivity contribution in [2.75, 3.05) is 14.2 Å². The van der Waals surface area contributed by atoms with E-state index in [1.165, 1.54) is 7.11 Å². The average Bonchev–Trinajstić information content (AvgIpc) is 2.26. The van der Waals surface area contributed by atoms with Crippen molar-refractivity contribution in [1.29, 1.82) is 0 Å². The summed E-state index contributed by atoms with van der Waals surface area (Å²) in [5, 5.41) is 0. The highest BCUT2D eigenvalue weighted by molar-refractivity contribution is 7.31. The van der Waals surface area contributed by atoms with Crippen LogP contribution in [-0.2, 0) is 15.4 Å². The molecule has 0 amide bonds. The van der Waals surface area contributed by atoms with Gasteiger partial charge in [-0.05, 0) is 17.7 Å². The Morgan fingerprint density at radius 3 is 2.43 bits per heavy atom. The number of ether oxygens (including phenoxy) is 1. The Bertz CT molecular complexity index is 295. The monoisotopic (exact) mass is 212 g/mol. The van der Waals surface area contributed by atoms with Crippen molar-refractivity contribution >= 4 is 14.8 Å². The maximum absolute atomic E-state index is 11.1. The van der Waals surface area contributed by atoms with Gasteiger partial charge < -0.3 is 9.26 Å². The number of esters is 1. The molecule has 0 aliphatic heterocycles. The van der Waals surface area contributed by atoms with Gasteiger partial charge in [0.05, 0.1) is 12.7 Å². The van der Waals surface area contributed by atoms with Gasteiger partial charge in [-0.1, -0.05) is 12.1 Å².